The number of aliphatic hydroxyl groups excluding tert-OH is 1. The van der Waals surface area contributed by atoms with E-state index in [0.717, 1.165) is 44.2 Å². The van der Waals surface area contributed by atoms with Crippen LogP contribution in [0.25, 0.3) is 39.3 Å². The van der Waals surface area contributed by atoms with Crippen LogP contribution in [0.2, 0.25) is 0 Å². The summed E-state index contributed by atoms with van der Waals surface area (Å²) >= 11 is 0. The van der Waals surface area contributed by atoms with Crippen molar-refractivity contribution in [2.24, 2.45) is 0 Å². The van der Waals surface area contributed by atoms with Crippen LogP contribution in [0.1, 0.15) is 16.7 Å². The van der Waals surface area contributed by atoms with E-state index in [9.17, 15) is 9.90 Å². The summed E-state index contributed by atoms with van der Waals surface area (Å²) in [4.78, 5) is 13.4. The summed E-state index contributed by atoms with van der Waals surface area (Å²) in [5, 5.41) is 15.3. The quantitative estimate of drug-likeness (QED) is 0.129. The first-order valence-electron chi connectivity index (χ1n) is 12.6. The van der Waals surface area contributed by atoms with Gasteiger partial charge in [0, 0.05) is 0 Å². The molecule has 0 amide bonds. The molecule has 5 aromatic rings. The lowest BCUT2D eigenvalue weighted by Crippen LogP contribution is -2.01. The predicted molar refractivity (Wildman–Crippen MR) is 160 cm³/mol. The zero-order chi connectivity index (χ0) is 27.2. The number of ether oxygens (including phenoxy) is 2. The maximum Gasteiger partial charge on any atom is 0.190 e. The molecule has 4 nitrogen and oxygen atoms in total. The van der Waals surface area contributed by atoms with E-state index in [1.165, 1.54) is 6.08 Å². The lowest BCUT2D eigenvalue weighted by Gasteiger charge is -2.07. The second kappa shape index (κ2) is 11.5. The van der Waals surface area contributed by atoms with Crippen molar-refractivity contribution >= 4 is 45.1 Å². The first kappa shape index (κ1) is 25.6. The Morgan fingerprint density at radius 3 is 1.64 bits per heavy atom. The Labute approximate surface area is 227 Å². The van der Waals surface area contributed by atoms with Gasteiger partial charge in [-0.15, -0.1) is 0 Å². The van der Waals surface area contributed by atoms with Crippen LogP contribution < -0.4 is 9.47 Å². The summed E-state index contributed by atoms with van der Waals surface area (Å²) in [6.07, 6.45) is 6.64. The number of fused-ring (bicyclic) bond motifs is 2. The molecule has 5 rings (SSSR count). The molecule has 0 aliphatic rings. The largest absolute Gasteiger partial charge is 0.507 e. The van der Waals surface area contributed by atoms with Gasteiger partial charge in [-0.2, -0.15) is 0 Å². The molecule has 0 saturated carbocycles. The molecule has 0 fully saturated rings. The highest BCUT2D eigenvalue weighted by molar-refractivity contribution is 6.28. The smallest absolute Gasteiger partial charge is 0.190 e. The van der Waals surface area contributed by atoms with E-state index >= 15 is 0 Å². The second-order valence-electron chi connectivity index (χ2n) is 9.10. The molecule has 5 aromatic carbocycles. The molecule has 192 valence electrons. The highest BCUT2D eigenvalue weighted by Crippen LogP contribution is 2.26. The minimum absolute atomic E-state index is 0.101. The zero-order valence-electron chi connectivity index (χ0n) is 21.8. The normalized spacial score (nSPS) is 12.3. The molecule has 1 N–H and O–H groups in total. The Bertz CT molecular complexity index is 1740. The Morgan fingerprint density at radius 1 is 0.615 bits per heavy atom. The average Bonchev–Trinajstić information content (AvgIpc) is 2.98. The van der Waals surface area contributed by atoms with Crippen molar-refractivity contribution in [3.05, 3.63) is 138 Å². The molecular weight excluding hydrogens is 484 g/mol. The number of carbonyl (C=O) groups excluding carboxylic acids is 1. The van der Waals surface area contributed by atoms with E-state index in [1.54, 1.807) is 32.4 Å². The number of allylic oxidation sites excluding steroid dienone is 3. The lowest BCUT2D eigenvalue weighted by molar-refractivity contribution is -0.109. The molecule has 0 aromatic heterocycles. The van der Waals surface area contributed by atoms with Gasteiger partial charge in [0.15, 0.2) is 5.78 Å². The third kappa shape index (κ3) is 5.91. The summed E-state index contributed by atoms with van der Waals surface area (Å²) < 4.78 is 10.6. The molecule has 0 heterocycles. The van der Waals surface area contributed by atoms with Gasteiger partial charge >= 0.3 is 0 Å². The third-order valence-corrected chi connectivity index (χ3v) is 6.57. The van der Waals surface area contributed by atoms with Crippen molar-refractivity contribution in [1.29, 1.82) is 0 Å². The number of methoxy groups -OCH3 is 2. The highest BCUT2D eigenvalue weighted by atomic mass is 16.5. The summed E-state index contributed by atoms with van der Waals surface area (Å²) in [5.74, 6) is 1.21. The average molecular weight is 513 g/mol. The highest BCUT2D eigenvalue weighted by Gasteiger charge is 2.14. The fourth-order valence-electron chi connectivity index (χ4n) is 4.48. The van der Waals surface area contributed by atoms with Crippen LogP contribution in [0.3, 0.4) is 0 Å². The van der Waals surface area contributed by atoms with E-state index in [1.807, 2.05) is 103 Å². The minimum Gasteiger partial charge on any atom is -0.507 e. The molecule has 0 atom stereocenters. The van der Waals surface area contributed by atoms with Crippen molar-refractivity contribution in [2.75, 3.05) is 14.2 Å². The number of rotatable bonds is 8. The Kier molecular flexibility index (Phi) is 7.56. The number of carbonyl (C=O) groups is 1. The van der Waals surface area contributed by atoms with Crippen LogP contribution in [0.4, 0.5) is 0 Å². The molecule has 0 spiro atoms. The molecule has 0 bridgehead atoms. The first-order chi connectivity index (χ1) is 19.0. The molecule has 4 heteroatoms. The molecule has 0 aliphatic heterocycles. The van der Waals surface area contributed by atoms with E-state index in [4.69, 9.17) is 9.47 Å². The van der Waals surface area contributed by atoms with Crippen LogP contribution in [0.15, 0.2) is 121 Å². The fraction of sp³-hybridized carbons (Fsp3) is 0.0571. The fourth-order valence-corrected chi connectivity index (χ4v) is 4.48. The van der Waals surface area contributed by atoms with Gasteiger partial charge in [-0.25, -0.2) is 0 Å². The molecule has 0 unspecified atom stereocenters. The first-order valence-corrected chi connectivity index (χ1v) is 12.6. The van der Waals surface area contributed by atoms with Crippen molar-refractivity contribution in [3.63, 3.8) is 0 Å². The third-order valence-electron chi connectivity index (χ3n) is 6.57. The van der Waals surface area contributed by atoms with Gasteiger partial charge in [-0.1, -0.05) is 78.9 Å². The van der Waals surface area contributed by atoms with Crippen molar-refractivity contribution in [3.8, 4) is 11.5 Å². The van der Waals surface area contributed by atoms with Crippen LogP contribution in [0.5, 0.6) is 11.5 Å². The molecule has 0 saturated heterocycles. The number of benzene rings is 5. The summed E-state index contributed by atoms with van der Waals surface area (Å²) in [6, 6.07) is 32.9. The van der Waals surface area contributed by atoms with Crippen molar-refractivity contribution < 1.29 is 19.4 Å². The van der Waals surface area contributed by atoms with E-state index < -0.39 is 0 Å². The molecule has 0 radical (unpaired) electrons. The van der Waals surface area contributed by atoms with Crippen molar-refractivity contribution in [2.45, 2.75) is 0 Å². The van der Waals surface area contributed by atoms with Crippen LogP contribution in [-0.2, 0) is 4.79 Å². The minimum atomic E-state index is -0.288. The number of aliphatic hydroxyl groups is 1. The summed E-state index contributed by atoms with van der Waals surface area (Å²) in [5.41, 5.74) is 2.67. The maximum absolute atomic E-state index is 13.4. The van der Waals surface area contributed by atoms with Gasteiger partial charge in [0.05, 0.1) is 19.8 Å². The van der Waals surface area contributed by atoms with Gasteiger partial charge in [-0.05, 0) is 86.8 Å². The molecule has 0 aliphatic carbocycles. The van der Waals surface area contributed by atoms with Gasteiger partial charge in [0.2, 0.25) is 0 Å². The van der Waals surface area contributed by atoms with Gasteiger partial charge < -0.3 is 14.6 Å². The number of hydrogen-bond acceptors (Lipinski definition) is 4. The predicted octanol–water partition coefficient (Wildman–Crippen LogP) is 8.28. The monoisotopic (exact) mass is 512 g/mol. The maximum atomic E-state index is 13.4. The SMILES string of the molecule is COc1ccc2cc(/C=C/C(=O)/C(=C(O)/C=C/c3ccc4cc(OC)ccc4c3)c3ccccc3)ccc2c1. The van der Waals surface area contributed by atoms with E-state index in [2.05, 4.69) is 0 Å². The van der Waals surface area contributed by atoms with E-state index in [-0.39, 0.29) is 17.1 Å². The summed E-state index contributed by atoms with van der Waals surface area (Å²) in [6.45, 7) is 0. The van der Waals surface area contributed by atoms with E-state index in [0.29, 0.717) is 5.56 Å². The Morgan fingerprint density at radius 2 is 1.10 bits per heavy atom. The lowest BCUT2D eigenvalue weighted by atomic mass is 9.98. The van der Waals surface area contributed by atoms with Gasteiger partial charge in [-0.3, -0.25) is 4.79 Å². The topological polar surface area (TPSA) is 55.8 Å². The Balaban J connectivity index is 1.44. The molecular formula is C35H28O4. The zero-order valence-corrected chi connectivity index (χ0v) is 21.8. The summed E-state index contributed by atoms with van der Waals surface area (Å²) in [7, 11) is 3.29. The second-order valence-corrected chi connectivity index (χ2v) is 9.10. The van der Waals surface area contributed by atoms with Crippen LogP contribution in [-0.4, -0.2) is 25.1 Å². The molecule has 39 heavy (non-hydrogen) atoms. The van der Waals surface area contributed by atoms with Gasteiger partial charge in [0.25, 0.3) is 0 Å². The van der Waals surface area contributed by atoms with Crippen LogP contribution in [0, 0.1) is 0 Å². The Hall–Kier alpha value is -5.09. The van der Waals surface area contributed by atoms with Crippen LogP contribution >= 0.6 is 0 Å². The van der Waals surface area contributed by atoms with Crippen molar-refractivity contribution in [1.82, 2.24) is 0 Å². The standard InChI is InChI=1S/C35H28O4/c1-38-31-16-14-27-20-24(8-12-29(27)22-31)10-18-33(36)35(26-6-4-3-5-7-26)34(37)19-11-25-9-13-30-23-32(39-2)17-15-28(30)21-25/h3-23,36H,1-2H3/b18-10+,19-11+,35-33-. The number of ketones is 1. The number of hydrogen-bond donors (Lipinski definition) is 1. The van der Waals surface area contributed by atoms with Gasteiger partial charge in [0.1, 0.15) is 17.3 Å².